The predicted molar refractivity (Wildman–Crippen MR) is 279 cm³/mol. The van der Waals surface area contributed by atoms with Crippen molar-refractivity contribution in [2.75, 3.05) is 4.90 Å². The molecule has 2 heteroatoms. The molecule has 14 rings (SSSR count). The van der Waals surface area contributed by atoms with Crippen LogP contribution in [0.1, 0.15) is 22.3 Å². The minimum atomic E-state index is -0.485. The van der Waals surface area contributed by atoms with Crippen molar-refractivity contribution in [1.82, 2.24) is 0 Å². The number of rotatable bonds is 6. The summed E-state index contributed by atoms with van der Waals surface area (Å²) in [5.74, 6) is 0. The highest BCUT2D eigenvalue weighted by Crippen LogP contribution is 2.65. The Balaban J connectivity index is 1.09. The van der Waals surface area contributed by atoms with Crippen LogP contribution in [0.4, 0.5) is 17.1 Å². The molecule has 2 aliphatic carbocycles. The Morgan fingerprint density at radius 2 is 0.836 bits per heavy atom. The Hall–Kier alpha value is -8.72. The molecule has 0 N–H and O–H groups in total. The Kier molecular flexibility index (Phi) is 8.23. The number of benzene rings is 11. The number of fused-ring (bicyclic) bond motifs is 15. The van der Waals surface area contributed by atoms with E-state index in [0.29, 0.717) is 0 Å². The van der Waals surface area contributed by atoms with E-state index in [4.69, 9.17) is 4.42 Å². The van der Waals surface area contributed by atoms with Crippen molar-refractivity contribution in [3.8, 4) is 55.6 Å². The Bertz CT molecular complexity index is 3890. The van der Waals surface area contributed by atoms with Gasteiger partial charge in [-0.1, -0.05) is 212 Å². The molecule has 0 saturated carbocycles. The fraction of sp³-hybridized carbons (Fsp3) is 0.0154. The molecule has 11 aromatic carbocycles. The second-order valence-corrected chi connectivity index (χ2v) is 17.8. The second kappa shape index (κ2) is 14.7. The van der Waals surface area contributed by atoms with Crippen LogP contribution < -0.4 is 4.90 Å². The van der Waals surface area contributed by atoms with Crippen molar-refractivity contribution in [1.29, 1.82) is 0 Å². The van der Waals surface area contributed by atoms with Crippen LogP contribution in [0.2, 0.25) is 0 Å². The minimum Gasteiger partial charge on any atom is -0.455 e. The van der Waals surface area contributed by atoms with Crippen molar-refractivity contribution in [2.24, 2.45) is 0 Å². The molecule has 2 nitrogen and oxygen atoms in total. The molecule has 1 heterocycles. The number of furan rings is 1. The van der Waals surface area contributed by atoms with Gasteiger partial charge in [-0.2, -0.15) is 0 Å². The summed E-state index contributed by atoms with van der Waals surface area (Å²) in [6.45, 7) is 0. The molecule has 0 atom stereocenters. The summed E-state index contributed by atoms with van der Waals surface area (Å²) in [6, 6.07) is 91.2. The van der Waals surface area contributed by atoms with Crippen molar-refractivity contribution in [2.45, 2.75) is 5.41 Å². The van der Waals surface area contributed by atoms with E-state index < -0.39 is 5.41 Å². The first-order valence-corrected chi connectivity index (χ1v) is 23.2. The summed E-state index contributed by atoms with van der Waals surface area (Å²) in [7, 11) is 0. The molecule has 0 amide bonds. The number of hydrogen-bond acceptors (Lipinski definition) is 2. The van der Waals surface area contributed by atoms with Gasteiger partial charge in [0.2, 0.25) is 0 Å². The average Bonchev–Trinajstić information content (AvgIpc) is 4.04. The average molecular weight is 852 g/mol. The van der Waals surface area contributed by atoms with Crippen molar-refractivity contribution < 1.29 is 4.42 Å². The molecular formula is C65H41NO. The van der Waals surface area contributed by atoms with E-state index in [0.717, 1.165) is 55.3 Å². The summed E-state index contributed by atoms with van der Waals surface area (Å²) in [6.07, 6.45) is 0. The number of hydrogen-bond donors (Lipinski definition) is 0. The van der Waals surface area contributed by atoms with Crippen LogP contribution in [-0.4, -0.2) is 0 Å². The largest absolute Gasteiger partial charge is 0.455 e. The molecule has 0 unspecified atom stereocenters. The zero-order chi connectivity index (χ0) is 44.1. The molecule has 312 valence electrons. The SMILES string of the molecule is c1ccc(-c2cccc(N(c3cccc4c3-c3ccccc3C43c4ccccc4-c4ccccc43)c3cccc4oc5c6ccccc6c(-c6ccccc6-c6ccccc6)cc5c34)c2)cc1. The molecular weight excluding hydrogens is 811 g/mol. The van der Waals surface area contributed by atoms with E-state index >= 15 is 0 Å². The van der Waals surface area contributed by atoms with Gasteiger partial charge in [-0.3, -0.25) is 0 Å². The highest BCUT2D eigenvalue weighted by atomic mass is 16.3. The van der Waals surface area contributed by atoms with Crippen LogP contribution in [0.3, 0.4) is 0 Å². The standard InChI is InChI=1S/C65H41NO/c1-3-20-42(21-4-1)44-24-17-25-45(40-44)66(59-37-18-36-58-62(59)52-32-13-16-35-57(52)65(58)55-33-14-11-29-49(55)50-30-12-15-34-56(50)65)60-38-19-39-61-63(60)54-41-53(48-28-9-10-31-51(48)64(54)67-61)47-27-8-7-26-46(47)43-22-5-2-6-23-43/h1-41H. The third kappa shape index (κ3) is 5.39. The molecule has 0 fully saturated rings. The van der Waals surface area contributed by atoms with Gasteiger partial charge < -0.3 is 9.32 Å². The molecule has 1 spiro atoms. The van der Waals surface area contributed by atoms with E-state index in [2.05, 4.69) is 254 Å². The minimum absolute atomic E-state index is 0.485. The van der Waals surface area contributed by atoms with Gasteiger partial charge >= 0.3 is 0 Å². The van der Waals surface area contributed by atoms with Crippen LogP contribution in [0.15, 0.2) is 253 Å². The third-order valence-corrected chi connectivity index (χ3v) is 14.5. The first-order valence-electron chi connectivity index (χ1n) is 23.2. The topological polar surface area (TPSA) is 16.4 Å². The summed E-state index contributed by atoms with van der Waals surface area (Å²) in [5.41, 5.74) is 21.9. The van der Waals surface area contributed by atoms with Crippen LogP contribution in [0, 0.1) is 0 Å². The van der Waals surface area contributed by atoms with Gasteiger partial charge in [0.05, 0.1) is 22.2 Å². The monoisotopic (exact) mass is 851 g/mol. The molecule has 0 saturated heterocycles. The Labute approximate surface area is 389 Å². The molecule has 0 radical (unpaired) electrons. The van der Waals surface area contributed by atoms with Gasteiger partial charge in [0, 0.05) is 22.0 Å². The van der Waals surface area contributed by atoms with Crippen LogP contribution in [0.5, 0.6) is 0 Å². The maximum absolute atomic E-state index is 7.10. The highest BCUT2D eigenvalue weighted by molar-refractivity contribution is 6.23. The first kappa shape index (κ1) is 37.6. The normalized spacial score (nSPS) is 12.9. The van der Waals surface area contributed by atoms with Gasteiger partial charge in [-0.25, -0.2) is 0 Å². The smallest absolute Gasteiger partial charge is 0.143 e. The van der Waals surface area contributed by atoms with E-state index in [1.54, 1.807) is 0 Å². The zero-order valence-corrected chi connectivity index (χ0v) is 36.5. The van der Waals surface area contributed by atoms with Gasteiger partial charge in [0.25, 0.3) is 0 Å². The predicted octanol–water partition coefficient (Wildman–Crippen LogP) is 17.6. The maximum atomic E-state index is 7.10. The van der Waals surface area contributed by atoms with Crippen molar-refractivity contribution in [3.63, 3.8) is 0 Å². The van der Waals surface area contributed by atoms with E-state index in [1.165, 1.54) is 72.3 Å². The molecule has 0 aliphatic heterocycles. The lowest BCUT2D eigenvalue weighted by Crippen LogP contribution is -2.26. The lowest BCUT2D eigenvalue weighted by molar-refractivity contribution is 0.672. The van der Waals surface area contributed by atoms with E-state index in [1.807, 2.05) is 0 Å². The summed E-state index contributed by atoms with van der Waals surface area (Å²) < 4.78 is 7.10. The van der Waals surface area contributed by atoms with Crippen molar-refractivity contribution >= 4 is 49.8 Å². The van der Waals surface area contributed by atoms with Gasteiger partial charge in [-0.15, -0.1) is 0 Å². The lowest BCUT2D eigenvalue weighted by atomic mass is 9.70. The summed E-state index contributed by atoms with van der Waals surface area (Å²) in [5, 5.41) is 4.40. The van der Waals surface area contributed by atoms with Crippen molar-refractivity contribution in [3.05, 3.63) is 271 Å². The van der Waals surface area contributed by atoms with Gasteiger partial charge in [-0.05, 0) is 114 Å². The maximum Gasteiger partial charge on any atom is 0.143 e. The van der Waals surface area contributed by atoms with E-state index in [-0.39, 0.29) is 0 Å². The summed E-state index contributed by atoms with van der Waals surface area (Å²) >= 11 is 0. The van der Waals surface area contributed by atoms with Crippen LogP contribution in [0.25, 0.3) is 88.3 Å². The van der Waals surface area contributed by atoms with Gasteiger partial charge in [0.15, 0.2) is 0 Å². The molecule has 67 heavy (non-hydrogen) atoms. The van der Waals surface area contributed by atoms with Crippen LogP contribution >= 0.6 is 0 Å². The van der Waals surface area contributed by atoms with E-state index in [9.17, 15) is 0 Å². The molecule has 2 aliphatic rings. The fourth-order valence-electron chi connectivity index (χ4n) is 11.8. The first-order chi connectivity index (χ1) is 33.3. The molecule has 1 aromatic heterocycles. The Morgan fingerprint density at radius 3 is 1.57 bits per heavy atom. The van der Waals surface area contributed by atoms with Gasteiger partial charge in [0.1, 0.15) is 11.2 Å². The lowest BCUT2D eigenvalue weighted by Gasteiger charge is -2.32. The number of anilines is 3. The second-order valence-electron chi connectivity index (χ2n) is 17.8. The highest BCUT2D eigenvalue weighted by Gasteiger charge is 2.52. The summed E-state index contributed by atoms with van der Waals surface area (Å²) in [4.78, 5) is 2.51. The van der Waals surface area contributed by atoms with Crippen LogP contribution in [-0.2, 0) is 5.41 Å². The molecule has 0 bridgehead atoms. The number of nitrogens with zero attached hydrogens (tertiary/aromatic N) is 1. The zero-order valence-electron chi connectivity index (χ0n) is 36.5. The quantitative estimate of drug-likeness (QED) is 0.166. The fourth-order valence-corrected chi connectivity index (χ4v) is 11.8. The Morgan fingerprint density at radius 1 is 0.313 bits per heavy atom. The molecule has 12 aromatic rings. The third-order valence-electron chi connectivity index (χ3n) is 14.5.